The molecule has 0 bridgehead atoms. The van der Waals surface area contributed by atoms with E-state index in [9.17, 15) is 18.3 Å². The van der Waals surface area contributed by atoms with Gasteiger partial charge in [-0.2, -0.15) is 13.2 Å². The van der Waals surface area contributed by atoms with Crippen LogP contribution in [0.4, 0.5) is 13.2 Å². The van der Waals surface area contributed by atoms with Crippen LogP contribution in [0.1, 0.15) is 17.2 Å². The molecule has 0 spiro atoms. The van der Waals surface area contributed by atoms with E-state index >= 15 is 0 Å². The molecule has 25 heavy (non-hydrogen) atoms. The topological polar surface area (TPSA) is 64.7 Å². The lowest BCUT2D eigenvalue weighted by atomic mass is 10.0. The molecule has 3 N–H and O–H groups in total. The molecule has 0 aliphatic rings. The monoisotopic (exact) mass is 377 g/mol. The first kappa shape index (κ1) is 21.1. The molecule has 0 unspecified atom stereocenters. The number of hydrogen-bond acceptors (Lipinski definition) is 4. The molecule has 0 saturated heterocycles. The number of aliphatic hydroxyl groups is 1. The first-order valence-corrected chi connectivity index (χ1v) is 7.18. The highest BCUT2D eigenvalue weighted by molar-refractivity contribution is 5.85. The van der Waals surface area contributed by atoms with Crippen molar-refractivity contribution in [2.75, 3.05) is 7.11 Å². The van der Waals surface area contributed by atoms with Gasteiger partial charge in [-0.1, -0.05) is 36.4 Å². The predicted octanol–water partition coefficient (Wildman–Crippen LogP) is 3.62. The minimum atomic E-state index is -4.80. The molecule has 4 nitrogen and oxygen atoms in total. The Balaban J connectivity index is 0.00000312. The number of ether oxygens (including phenoxy) is 2. The first-order valence-electron chi connectivity index (χ1n) is 7.18. The Hall–Kier alpha value is -1.96. The van der Waals surface area contributed by atoms with Gasteiger partial charge in [0.2, 0.25) is 0 Å². The van der Waals surface area contributed by atoms with E-state index in [-0.39, 0.29) is 30.3 Å². The third-order valence-corrected chi connectivity index (χ3v) is 3.49. The summed E-state index contributed by atoms with van der Waals surface area (Å²) in [5.74, 6) is 0.618. The minimum absolute atomic E-state index is 0. The number of nitrogens with two attached hydrogens (primary N) is 1. The number of rotatable bonds is 6. The minimum Gasteiger partial charge on any atom is -0.493 e. The van der Waals surface area contributed by atoms with Crippen molar-refractivity contribution in [2.24, 2.45) is 5.73 Å². The molecule has 0 aliphatic carbocycles. The maximum absolute atomic E-state index is 12.6. The number of benzene rings is 2. The largest absolute Gasteiger partial charge is 0.493 e. The van der Waals surface area contributed by atoms with Gasteiger partial charge < -0.3 is 20.3 Å². The van der Waals surface area contributed by atoms with Gasteiger partial charge in [-0.15, -0.1) is 12.4 Å². The molecule has 0 saturated carbocycles. The molecule has 2 rings (SSSR count). The molecule has 2 aromatic carbocycles. The van der Waals surface area contributed by atoms with E-state index in [0.29, 0.717) is 5.75 Å². The summed E-state index contributed by atoms with van der Waals surface area (Å²) in [5, 5.41) is 9.31. The van der Waals surface area contributed by atoms with E-state index in [4.69, 9.17) is 15.2 Å². The van der Waals surface area contributed by atoms with Gasteiger partial charge in [-0.3, -0.25) is 0 Å². The van der Waals surface area contributed by atoms with Crippen LogP contribution in [0.3, 0.4) is 0 Å². The van der Waals surface area contributed by atoms with Crippen LogP contribution < -0.4 is 15.2 Å². The van der Waals surface area contributed by atoms with Crippen LogP contribution in [0.5, 0.6) is 11.5 Å². The summed E-state index contributed by atoms with van der Waals surface area (Å²) in [6, 6.07) is 11.8. The van der Waals surface area contributed by atoms with Crippen LogP contribution in [0.25, 0.3) is 0 Å². The summed E-state index contributed by atoms with van der Waals surface area (Å²) >= 11 is 0. The molecular formula is C17H19ClF3NO3. The summed E-state index contributed by atoms with van der Waals surface area (Å²) in [6.07, 6.45) is -7.46. The lowest BCUT2D eigenvalue weighted by Gasteiger charge is -2.22. The summed E-state index contributed by atoms with van der Waals surface area (Å²) in [7, 11) is 1.43. The van der Waals surface area contributed by atoms with Crippen LogP contribution in [-0.2, 0) is 6.61 Å². The molecule has 8 heteroatoms. The highest BCUT2D eigenvalue weighted by Gasteiger charge is 2.42. The maximum atomic E-state index is 12.6. The standard InChI is InChI=1S/C17H18F3NO3.ClH/c1-23-13-8-7-12(15(21)16(22)17(18,19)20)9-14(13)24-10-11-5-3-2-4-6-11;/h2-9,15-16,22H,10,21H2,1H3;1H/t15-,16-;/m0./s1. The Kier molecular flexibility index (Phi) is 7.54. The van der Waals surface area contributed by atoms with Crippen LogP contribution in [0.15, 0.2) is 48.5 Å². The van der Waals surface area contributed by atoms with Crippen molar-refractivity contribution >= 4 is 12.4 Å². The van der Waals surface area contributed by atoms with E-state index < -0.39 is 18.3 Å². The highest BCUT2D eigenvalue weighted by atomic mass is 35.5. The molecule has 0 aliphatic heterocycles. The molecule has 0 fully saturated rings. The van der Waals surface area contributed by atoms with Gasteiger partial charge in [-0.05, 0) is 23.3 Å². The molecule has 2 atom stereocenters. The van der Waals surface area contributed by atoms with E-state index in [1.165, 1.54) is 25.3 Å². The summed E-state index contributed by atoms with van der Waals surface area (Å²) < 4.78 is 48.6. The van der Waals surface area contributed by atoms with Gasteiger partial charge in [0.1, 0.15) is 6.61 Å². The van der Waals surface area contributed by atoms with Crippen molar-refractivity contribution in [3.8, 4) is 11.5 Å². The van der Waals surface area contributed by atoms with Gasteiger partial charge in [0.25, 0.3) is 0 Å². The highest BCUT2D eigenvalue weighted by Crippen LogP contribution is 2.34. The lowest BCUT2D eigenvalue weighted by Crippen LogP contribution is -2.38. The molecular weight excluding hydrogens is 359 g/mol. The molecule has 2 aromatic rings. The second-order valence-electron chi connectivity index (χ2n) is 5.20. The van der Waals surface area contributed by atoms with Gasteiger partial charge in [-0.25, -0.2) is 0 Å². The Morgan fingerprint density at radius 3 is 2.28 bits per heavy atom. The SMILES string of the molecule is COc1ccc([C@H](N)[C@H](O)C(F)(F)F)cc1OCc1ccccc1.Cl. The second-order valence-corrected chi connectivity index (χ2v) is 5.20. The first-order chi connectivity index (χ1) is 11.3. The third kappa shape index (κ3) is 5.52. The van der Waals surface area contributed by atoms with Crippen molar-refractivity contribution < 1.29 is 27.8 Å². The number of hydrogen-bond donors (Lipinski definition) is 2. The van der Waals surface area contributed by atoms with Crippen LogP contribution >= 0.6 is 12.4 Å². The fraction of sp³-hybridized carbons (Fsp3) is 0.294. The van der Waals surface area contributed by atoms with Gasteiger partial charge in [0, 0.05) is 0 Å². The van der Waals surface area contributed by atoms with Gasteiger partial charge in [0.05, 0.1) is 13.2 Å². The average molecular weight is 378 g/mol. The van der Waals surface area contributed by atoms with Crippen molar-refractivity contribution in [2.45, 2.75) is 24.9 Å². The van der Waals surface area contributed by atoms with Crippen molar-refractivity contribution in [3.63, 3.8) is 0 Å². The third-order valence-electron chi connectivity index (χ3n) is 3.49. The van der Waals surface area contributed by atoms with Crippen LogP contribution in [0.2, 0.25) is 0 Å². The van der Waals surface area contributed by atoms with Gasteiger partial charge >= 0.3 is 6.18 Å². The lowest BCUT2D eigenvalue weighted by molar-refractivity contribution is -0.210. The van der Waals surface area contributed by atoms with Crippen LogP contribution in [-0.4, -0.2) is 24.5 Å². The fourth-order valence-corrected chi connectivity index (χ4v) is 2.13. The van der Waals surface area contributed by atoms with Crippen molar-refractivity contribution in [1.82, 2.24) is 0 Å². The Bertz CT molecular complexity index is 668. The Morgan fingerprint density at radius 1 is 1.08 bits per heavy atom. The number of aliphatic hydroxyl groups excluding tert-OH is 1. The number of halogens is 4. The fourth-order valence-electron chi connectivity index (χ4n) is 2.13. The maximum Gasteiger partial charge on any atom is 0.416 e. The second kappa shape index (κ2) is 8.94. The van der Waals surface area contributed by atoms with E-state index in [1.54, 1.807) is 0 Å². The smallest absolute Gasteiger partial charge is 0.416 e. The Labute approximate surface area is 149 Å². The van der Waals surface area contributed by atoms with Crippen molar-refractivity contribution in [1.29, 1.82) is 0 Å². The molecule has 138 valence electrons. The zero-order valence-electron chi connectivity index (χ0n) is 13.4. The number of methoxy groups -OCH3 is 1. The average Bonchev–Trinajstić information content (AvgIpc) is 2.58. The molecule has 0 radical (unpaired) electrons. The molecule has 0 amide bonds. The van der Waals surface area contributed by atoms with E-state index in [2.05, 4.69) is 0 Å². The summed E-state index contributed by atoms with van der Waals surface area (Å²) in [6.45, 7) is 0.220. The molecule has 0 aromatic heterocycles. The quantitative estimate of drug-likeness (QED) is 0.807. The zero-order valence-corrected chi connectivity index (χ0v) is 14.2. The predicted molar refractivity (Wildman–Crippen MR) is 90.0 cm³/mol. The zero-order chi connectivity index (χ0) is 17.7. The number of alkyl halides is 3. The molecule has 0 heterocycles. The van der Waals surface area contributed by atoms with Crippen LogP contribution in [0, 0.1) is 0 Å². The van der Waals surface area contributed by atoms with Gasteiger partial charge in [0.15, 0.2) is 17.6 Å². The summed E-state index contributed by atoms with van der Waals surface area (Å²) in [5.41, 5.74) is 6.52. The summed E-state index contributed by atoms with van der Waals surface area (Å²) in [4.78, 5) is 0. The van der Waals surface area contributed by atoms with Crippen molar-refractivity contribution in [3.05, 3.63) is 59.7 Å². The Morgan fingerprint density at radius 2 is 1.72 bits per heavy atom. The van der Waals surface area contributed by atoms with E-state index in [1.807, 2.05) is 30.3 Å². The normalized spacial score (nSPS) is 13.5. The van der Waals surface area contributed by atoms with E-state index in [0.717, 1.165) is 5.56 Å².